The van der Waals surface area contributed by atoms with E-state index >= 15 is 0 Å². The van der Waals surface area contributed by atoms with E-state index in [9.17, 15) is 31.1 Å². The van der Waals surface area contributed by atoms with Gasteiger partial charge in [0, 0.05) is 36.5 Å². The lowest BCUT2D eigenvalue weighted by Crippen LogP contribution is -2.40. The SMILES string of the molecule is CC1CC=C(C(F)(F)F)C(N2CCc3[nH]c(=O)nc(Nc4ccc(C(F)(F)F)cc4)c3CC2)=N1. The van der Waals surface area contributed by atoms with Gasteiger partial charge in [0.25, 0.3) is 0 Å². The lowest BCUT2D eigenvalue weighted by molar-refractivity contribution is -0.137. The monoisotopic (exact) mass is 485 g/mol. The van der Waals surface area contributed by atoms with Gasteiger partial charge in [0.2, 0.25) is 0 Å². The van der Waals surface area contributed by atoms with Crippen LogP contribution in [0.2, 0.25) is 0 Å². The Morgan fingerprint density at radius 2 is 1.71 bits per heavy atom. The van der Waals surface area contributed by atoms with Gasteiger partial charge in [0.1, 0.15) is 11.7 Å². The normalized spacial score (nSPS) is 19.1. The van der Waals surface area contributed by atoms with Crippen molar-refractivity contribution in [1.29, 1.82) is 0 Å². The van der Waals surface area contributed by atoms with E-state index in [1.54, 1.807) is 11.8 Å². The predicted octanol–water partition coefficient (Wildman–Crippen LogP) is 4.61. The first-order chi connectivity index (χ1) is 15.9. The van der Waals surface area contributed by atoms with E-state index in [0.717, 1.165) is 18.2 Å². The predicted molar refractivity (Wildman–Crippen MR) is 114 cm³/mol. The first-order valence-corrected chi connectivity index (χ1v) is 10.6. The average Bonchev–Trinajstić information content (AvgIpc) is 2.95. The highest BCUT2D eigenvalue weighted by molar-refractivity contribution is 6.00. The minimum Gasteiger partial charge on any atom is -0.356 e. The number of aliphatic imine (C=N–C) groups is 1. The fraction of sp³-hybridized carbons (Fsp3) is 0.409. The van der Waals surface area contributed by atoms with Crippen molar-refractivity contribution in [3.05, 3.63) is 63.2 Å². The van der Waals surface area contributed by atoms with Gasteiger partial charge in [-0.2, -0.15) is 31.3 Å². The van der Waals surface area contributed by atoms with Crippen LogP contribution in [-0.2, 0) is 19.0 Å². The van der Waals surface area contributed by atoms with Gasteiger partial charge < -0.3 is 15.2 Å². The van der Waals surface area contributed by atoms with E-state index < -0.39 is 29.2 Å². The van der Waals surface area contributed by atoms with Crippen molar-refractivity contribution in [3.8, 4) is 0 Å². The Labute approximate surface area is 190 Å². The highest BCUT2D eigenvalue weighted by Crippen LogP contribution is 2.33. The summed E-state index contributed by atoms with van der Waals surface area (Å²) in [6, 6.07) is 3.97. The number of alkyl halides is 6. The molecule has 3 heterocycles. The third kappa shape index (κ3) is 5.10. The second-order valence-corrected chi connectivity index (χ2v) is 8.19. The van der Waals surface area contributed by atoms with Gasteiger partial charge in [-0.1, -0.05) is 6.08 Å². The number of halogens is 6. The van der Waals surface area contributed by atoms with Crippen molar-refractivity contribution in [2.45, 2.75) is 44.6 Å². The number of H-pyrrole nitrogens is 1. The number of hydrogen-bond acceptors (Lipinski definition) is 5. The van der Waals surface area contributed by atoms with Crippen LogP contribution in [0.3, 0.4) is 0 Å². The van der Waals surface area contributed by atoms with Crippen LogP contribution < -0.4 is 11.0 Å². The molecule has 0 spiro atoms. The molecule has 2 aliphatic heterocycles. The summed E-state index contributed by atoms with van der Waals surface area (Å²) in [7, 11) is 0. The number of aromatic nitrogens is 2. The van der Waals surface area contributed by atoms with E-state index in [0.29, 0.717) is 16.9 Å². The number of fused-ring (bicyclic) bond motifs is 1. The van der Waals surface area contributed by atoms with Gasteiger partial charge in [-0.15, -0.1) is 0 Å². The van der Waals surface area contributed by atoms with Crippen LogP contribution in [-0.4, -0.2) is 46.0 Å². The minimum atomic E-state index is -4.54. The summed E-state index contributed by atoms with van der Waals surface area (Å²) in [6.07, 6.45) is -7.17. The highest BCUT2D eigenvalue weighted by atomic mass is 19.4. The largest absolute Gasteiger partial charge is 0.419 e. The molecule has 0 fully saturated rings. The molecule has 1 unspecified atom stereocenters. The molecule has 34 heavy (non-hydrogen) atoms. The smallest absolute Gasteiger partial charge is 0.356 e. The molecule has 6 nitrogen and oxygen atoms in total. The van der Waals surface area contributed by atoms with Crippen molar-refractivity contribution in [3.63, 3.8) is 0 Å². The van der Waals surface area contributed by atoms with E-state index in [-0.39, 0.29) is 50.0 Å². The molecule has 0 bridgehead atoms. The van der Waals surface area contributed by atoms with Crippen molar-refractivity contribution in [2.24, 2.45) is 4.99 Å². The maximum atomic E-state index is 13.6. The van der Waals surface area contributed by atoms with Gasteiger partial charge in [-0.05, 0) is 44.0 Å². The number of dihydropyridines is 1. The Balaban J connectivity index is 1.60. The number of aromatic amines is 1. The highest BCUT2D eigenvalue weighted by Gasteiger charge is 2.40. The number of anilines is 2. The molecular formula is C22H21F6N5O. The van der Waals surface area contributed by atoms with Gasteiger partial charge in [-0.25, -0.2) is 4.79 Å². The third-order valence-corrected chi connectivity index (χ3v) is 5.71. The molecule has 1 aromatic heterocycles. The van der Waals surface area contributed by atoms with Gasteiger partial charge >= 0.3 is 18.0 Å². The summed E-state index contributed by atoms with van der Waals surface area (Å²) in [5.41, 5.74) is -0.861. The number of hydrogen-bond donors (Lipinski definition) is 2. The Morgan fingerprint density at radius 1 is 1.03 bits per heavy atom. The Kier molecular flexibility index (Phi) is 6.17. The molecule has 4 rings (SSSR count). The average molecular weight is 485 g/mol. The fourth-order valence-electron chi connectivity index (χ4n) is 4.03. The zero-order valence-electron chi connectivity index (χ0n) is 18.0. The van der Waals surface area contributed by atoms with Crippen LogP contribution in [0.15, 0.2) is 45.7 Å². The summed E-state index contributed by atoms with van der Waals surface area (Å²) < 4.78 is 79.2. The summed E-state index contributed by atoms with van der Waals surface area (Å²) in [4.78, 5) is 24.5. The number of nitrogens with zero attached hydrogens (tertiary/aromatic N) is 3. The number of rotatable bonds is 2. The number of amidine groups is 1. The molecule has 2 aromatic rings. The standard InChI is InChI=1S/C22H21F6N5O/c1-12-2-7-16(22(26,27)28)19(29-12)33-10-8-15-17(9-11-33)31-20(34)32-18(15)30-14-5-3-13(4-6-14)21(23,24)25/h3-7,12H,2,8-11H2,1H3,(H2,30,31,32,34). The van der Waals surface area contributed by atoms with Gasteiger partial charge in [0.05, 0.1) is 17.2 Å². The zero-order valence-corrected chi connectivity index (χ0v) is 18.0. The molecule has 12 heteroatoms. The van der Waals surface area contributed by atoms with Crippen LogP contribution in [0.25, 0.3) is 0 Å². The Hall–Kier alpha value is -3.31. The number of nitrogens with one attached hydrogen (secondary N) is 2. The topological polar surface area (TPSA) is 73.4 Å². The molecule has 0 amide bonds. The second kappa shape index (κ2) is 8.80. The maximum absolute atomic E-state index is 13.6. The Morgan fingerprint density at radius 3 is 2.35 bits per heavy atom. The van der Waals surface area contributed by atoms with E-state index in [1.807, 2.05) is 0 Å². The summed E-state index contributed by atoms with van der Waals surface area (Å²) in [6.45, 7) is 2.14. The lowest BCUT2D eigenvalue weighted by atomic mass is 10.1. The minimum absolute atomic E-state index is 0.119. The van der Waals surface area contributed by atoms with E-state index in [1.165, 1.54) is 12.1 Å². The van der Waals surface area contributed by atoms with E-state index in [2.05, 4.69) is 20.3 Å². The molecule has 0 saturated carbocycles. The first-order valence-electron chi connectivity index (χ1n) is 10.6. The van der Waals surface area contributed by atoms with Gasteiger partial charge in [-0.3, -0.25) is 4.99 Å². The Bertz CT molecular complexity index is 1180. The molecule has 0 radical (unpaired) electrons. The summed E-state index contributed by atoms with van der Waals surface area (Å²) >= 11 is 0. The van der Waals surface area contributed by atoms with Crippen LogP contribution >= 0.6 is 0 Å². The third-order valence-electron chi connectivity index (χ3n) is 5.71. The van der Waals surface area contributed by atoms with Crippen LogP contribution in [0.1, 0.15) is 30.2 Å². The second-order valence-electron chi connectivity index (χ2n) is 8.19. The van der Waals surface area contributed by atoms with Gasteiger partial charge in [0.15, 0.2) is 0 Å². The maximum Gasteiger partial charge on any atom is 0.419 e. The molecule has 0 aliphatic carbocycles. The summed E-state index contributed by atoms with van der Waals surface area (Å²) in [5.74, 6) is 0.0394. The van der Waals surface area contributed by atoms with Crippen LogP contribution in [0, 0.1) is 0 Å². The zero-order chi connectivity index (χ0) is 24.7. The summed E-state index contributed by atoms with van der Waals surface area (Å²) in [5, 5.41) is 2.88. The van der Waals surface area contributed by atoms with Crippen LogP contribution in [0.5, 0.6) is 0 Å². The molecule has 2 N–H and O–H groups in total. The molecule has 2 aliphatic rings. The van der Waals surface area contributed by atoms with Crippen LogP contribution in [0.4, 0.5) is 37.8 Å². The molecule has 1 atom stereocenters. The lowest BCUT2D eigenvalue weighted by Gasteiger charge is -2.30. The van der Waals surface area contributed by atoms with Crippen molar-refractivity contribution >= 4 is 17.3 Å². The number of benzene rings is 1. The van der Waals surface area contributed by atoms with Crippen molar-refractivity contribution < 1.29 is 26.3 Å². The molecule has 1 aromatic carbocycles. The fourth-order valence-corrected chi connectivity index (χ4v) is 4.03. The van der Waals surface area contributed by atoms with Crippen molar-refractivity contribution in [1.82, 2.24) is 14.9 Å². The first kappa shape index (κ1) is 23.8. The molecule has 0 saturated heterocycles. The molecular weight excluding hydrogens is 464 g/mol. The van der Waals surface area contributed by atoms with E-state index in [4.69, 9.17) is 0 Å². The quantitative estimate of drug-likeness (QED) is 0.610. The molecule has 182 valence electrons. The van der Waals surface area contributed by atoms with Crippen molar-refractivity contribution in [2.75, 3.05) is 18.4 Å².